The molecule has 0 saturated carbocycles. The van der Waals surface area contributed by atoms with Gasteiger partial charge in [0.05, 0.1) is 0 Å². The molecular weight excluding hydrogens is 544 g/mol. The number of nitrogens with one attached hydrogen (secondary N) is 4. The Labute approximate surface area is 238 Å². The number of aromatic nitrogens is 5. The fraction of sp³-hybridized carbons (Fsp3) is 0.250. The van der Waals surface area contributed by atoms with Gasteiger partial charge >= 0.3 is 11.4 Å². The molecule has 4 aromatic rings. The largest absolute Gasteiger partial charge is 0.328 e. The van der Waals surface area contributed by atoms with Crippen molar-refractivity contribution in [1.82, 2.24) is 23.7 Å². The molecule has 2 amide bonds. The van der Waals surface area contributed by atoms with Gasteiger partial charge in [0.25, 0.3) is 11.1 Å². The molecular formula is C28H30N8O6. The Hall–Kier alpha value is -5.53. The molecule has 0 aliphatic rings. The van der Waals surface area contributed by atoms with Crippen LogP contribution in [-0.2, 0) is 29.7 Å². The molecule has 0 radical (unpaired) electrons. The van der Waals surface area contributed by atoms with Crippen LogP contribution in [-0.4, -0.2) is 41.7 Å². The summed E-state index contributed by atoms with van der Waals surface area (Å²) in [5, 5.41) is 5.56. The number of aromatic amines is 2. The molecule has 0 fully saturated rings. The lowest BCUT2D eigenvalue weighted by atomic mass is 10.2. The molecule has 0 aliphatic carbocycles. The lowest BCUT2D eigenvalue weighted by Crippen LogP contribution is -2.31. The molecule has 0 aliphatic heterocycles. The van der Waals surface area contributed by atoms with Gasteiger partial charge in [-0.15, -0.1) is 0 Å². The number of H-pyrrole nitrogens is 2. The molecule has 0 unspecified atom stereocenters. The van der Waals surface area contributed by atoms with E-state index in [2.05, 4.69) is 25.6 Å². The van der Waals surface area contributed by atoms with Gasteiger partial charge in [-0.3, -0.25) is 38.3 Å². The number of aliphatic imine (C=N–C) groups is 1. The first kappa shape index (κ1) is 29.5. The van der Waals surface area contributed by atoms with Crippen LogP contribution in [0.25, 0.3) is 0 Å². The van der Waals surface area contributed by atoms with Crippen molar-refractivity contribution in [2.24, 2.45) is 12.0 Å². The molecule has 14 heteroatoms. The normalized spacial score (nSPS) is 11.1. The van der Waals surface area contributed by atoms with Gasteiger partial charge in [0.15, 0.2) is 0 Å². The first-order chi connectivity index (χ1) is 20.0. The van der Waals surface area contributed by atoms with Crippen LogP contribution in [0.4, 0.5) is 17.3 Å². The highest BCUT2D eigenvalue weighted by atomic mass is 16.2. The van der Waals surface area contributed by atoms with E-state index in [0.29, 0.717) is 28.5 Å². The standard InChI is InChI=1S/C28H30N8O6/c1-17-15-35(27(41)32-25(17)39)12-10-23(37)30-20-6-4-19(5-7-20)14-29-21-8-9-22(34(21)3)31-24(38)11-13-36-16-18(2)26(40)33-28(36)42/h4-9,14-16H,10-13H2,1-3H3,(H,30,37)(H,31,38)(H,32,39,41)(H,33,40,42). The molecule has 218 valence electrons. The zero-order valence-corrected chi connectivity index (χ0v) is 23.3. The number of hydrogen-bond acceptors (Lipinski definition) is 7. The number of aryl methyl sites for hydroxylation is 4. The predicted octanol–water partition coefficient (Wildman–Crippen LogP) is 1.15. The van der Waals surface area contributed by atoms with Crippen molar-refractivity contribution in [2.45, 2.75) is 39.8 Å². The Bertz CT molecular complexity index is 1890. The molecule has 4 N–H and O–H groups in total. The SMILES string of the molecule is Cc1cn(CCC(=O)Nc2ccc(C=Nc3ccc(NC(=O)CCn4cc(C)c(=O)[nH]c4=O)n3C)cc2)c(=O)[nH]c1=O. The molecule has 1 aromatic carbocycles. The van der Waals surface area contributed by atoms with Crippen molar-refractivity contribution in [3.63, 3.8) is 0 Å². The minimum atomic E-state index is -0.569. The molecule has 4 rings (SSSR count). The quantitative estimate of drug-likeness (QED) is 0.206. The summed E-state index contributed by atoms with van der Waals surface area (Å²) in [4.78, 5) is 80.4. The summed E-state index contributed by atoms with van der Waals surface area (Å²) < 4.78 is 4.27. The minimum Gasteiger partial charge on any atom is -0.326 e. The fourth-order valence-corrected chi connectivity index (χ4v) is 3.99. The van der Waals surface area contributed by atoms with Crippen LogP contribution in [0.15, 0.2) is 73.0 Å². The molecule has 42 heavy (non-hydrogen) atoms. The Morgan fingerprint density at radius 2 is 1.31 bits per heavy atom. The highest BCUT2D eigenvalue weighted by molar-refractivity contribution is 5.92. The Morgan fingerprint density at radius 3 is 1.86 bits per heavy atom. The van der Waals surface area contributed by atoms with Gasteiger partial charge in [0, 0.05) is 68.4 Å². The van der Waals surface area contributed by atoms with Crippen LogP contribution in [0.3, 0.4) is 0 Å². The summed E-state index contributed by atoms with van der Waals surface area (Å²) >= 11 is 0. The summed E-state index contributed by atoms with van der Waals surface area (Å²) in [6.07, 6.45) is 4.57. The third-order valence-electron chi connectivity index (χ3n) is 6.44. The summed E-state index contributed by atoms with van der Waals surface area (Å²) in [6, 6.07) is 10.5. The van der Waals surface area contributed by atoms with Gasteiger partial charge in [-0.1, -0.05) is 12.1 Å². The van der Waals surface area contributed by atoms with E-state index in [4.69, 9.17) is 0 Å². The van der Waals surface area contributed by atoms with Crippen LogP contribution in [0, 0.1) is 13.8 Å². The Morgan fingerprint density at radius 1 is 0.786 bits per heavy atom. The van der Waals surface area contributed by atoms with E-state index in [1.165, 1.54) is 21.5 Å². The van der Waals surface area contributed by atoms with E-state index >= 15 is 0 Å². The molecule has 3 aromatic heterocycles. The van der Waals surface area contributed by atoms with E-state index in [0.717, 1.165) is 5.56 Å². The zero-order chi connectivity index (χ0) is 30.4. The lowest BCUT2D eigenvalue weighted by Gasteiger charge is -2.09. The van der Waals surface area contributed by atoms with Crippen LogP contribution in [0.2, 0.25) is 0 Å². The van der Waals surface area contributed by atoms with Gasteiger partial charge < -0.3 is 15.2 Å². The van der Waals surface area contributed by atoms with Gasteiger partial charge in [-0.05, 0) is 43.7 Å². The van der Waals surface area contributed by atoms with E-state index in [9.17, 15) is 28.8 Å². The van der Waals surface area contributed by atoms with Crippen molar-refractivity contribution >= 4 is 35.4 Å². The van der Waals surface area contributed by atoms with E-state index in [1.54, 1.807) is 68.1 Å². The number of hydrogen-bond donors (Lipinski definition) is 4. The second-order valence-corrected chi connectivity index (χ2v) is 9.64. The zero-order valence-electron chi connectivity index (χ0n) is 23.3. The lowest BCUT2D eigenvalue weighted by molar-refractivity contribution is -0.117. The van der Waals surface area contributed by atoms with Crippen LogP contribution in [0.5, 0.6) is 0 Å². The highest BCUT2D eigenvalue weighted by Gasteiger charge is 2.10. The number of rotatable bonds is 10. The second-order valence-electron chi connectivity index (χ2n) is 9.64. The van der Waals surface area contributed by atoms with E-state index in [1.807, 2.05) is 0 Å². The topological polar surface area (TPSA) is 185 Å². The van der Waals surface area contributed by atoms with Gasteiger partial charge in [0.1, 0.15) is 11.6 Å². The van der Waals surface area contributed by atoms with Crippen molar-refractivity contribution in [2.75, 3.05) is 10.6 Å². The molecule has 14 nitrogen and oxygen atoms in total. The average molecular weight is 575 g/mol. The number of carbonyl (C=O) groups is 2. The first-order valence-electron chi connectivity index (χ1n) is 13.0. The van der Waals surface area contributed by atoms with Gasteiger partial charge in [-0.25, -0.2) is 14.6 Å². The summed E-state index contributed by atoms with van der Waals surface area (Å²) in [7, 11) is 1.75. The molecule has 0 spiro atoms. The average Bonchev–Trinajstić information content (AvgIpc) is 3.29. The summed E-state index contributed by atoms with van der Waals surface area (Å²) in [5.74, 6) is 0.518. The summed E-state index contributed by atoms with van der Waals surface area (Å²) in [6.45, 7) is 3.41. The van der Waals surface area contributed by atoms with Crippen LogP contribution >= 0.6 is 0 Å². The maximum absolute atomic E-state index is 12.4. The second kappa shape index (κ2) is 12.8. The van der Waals surface area contributed by atoms with Crippen LogP contribution < -0.4 is 33.1 Å². The smallest absolute Gasteiger partial charge is 0.326 e. The highest BCUT2D eigenvalue weighted by Crippen LogP contribution is 2.20. The van der Waals surface area contributed by atoms with E-state index in [-0.39, 0.29) is 37.7 Å². The van der Waals surface area contributed by atoms with Crippen molar-refractivity contribution in [1.29, 1.82) is 0 Å². The fourth-order valence-electron chi connectivity index (χ4n) is 3.99. The van der Waals surface area contributed by atoms with Crippen molar-refractivity contribution in [3.05, 3.63) is 107 Å². The molecule has 0 saturated heterocycles. The minimum absolute atomic E-state index is 0.0311. The third kappa shape index (κ3) is 7.35. The van der Waals surface area contributed by atoms with E-state index < -0.39 is 22.5 Å². The van der Waals surface area contributed by atoms with Crippen molar-refractivity contribution in [3.8, 4) is 0 Å². The molecule has 0 atom stereocenters. The summed E-state index contributed by atoms with van der Waals surface area (Å²) in [5.41, 5.74) is 0.0808. The van der Waals surface area contributed by atoms with Crippen LogP contribution in [0.1, 0.15) is 29.5 Å². The van der Waals surface area contributed by atoms with Crippen molar-refractivity contribution < 1.29 is 9.59 Å². The Kier molecular flexibility index (Phi) is 8.95. The number of amides is 2. The maximum atomic E-state index is 12.4. The Balaban J connectivity index is 1.29. The van der Waals surface area contributed by atoms with Gasteiger partial charge in [-0.2, -0.15) is 0 Å². The maximum Gasteiger partial charge on any atom is 0.328 e. The molecule has 3 heterocycles. The van der Waals surface area contributed by atoms with Gasteiger partial charge in [0.2, 0.25) is 11.8 Å². The number of anilines is 2. The first-order valence-corrected chi connectivity index (χ1v) is 13.0. The third-order valence-corrected chi connectivity index (χ3v) is 6.44. The number of carbonyl (C=O) groups excluding carboxylic acids is 2. The number of nitrogens with zero attached hydrogens (tertiary/aromatic N) is 4. The molecule has 0 bridgehead atoms. The predicted molar refractivity (Wildman–Crippen MR) is 158 cm³/mol. The number of benzene rings is 1. The monoisotopic (exact) mass is 574 g/mol.